The lowest BCUT2D eigenvalue weighted by Crippen LogP contribution is -2.40. The Morgan fingerprint density at radius 1 is 1.17 bits per heavy atom. The third-order valence-corrected chi connectivity index (χ3v) is 5.55. The highest BCUT2D eigenvalue weighted by atomic mass is 35.5. The molecule has 2 heterocycles. The lowest BCUT2D eigenvalue weighted by Gasteiger charge is -2.27. The fourth-order valence-corrected chi connectivity index (χ4v) is 3.79. The van der Waals surface area contributed by atoms with Crippen LogP contribution in [0.5, 0.6) is 0 Å². The van der Waals surface area contributed by atoms with Crippen LogP contribution >= 0.6 is 11.6 Å². The molecule has 0 amide bonds. The summed E-state index contributed by atoms with van der Waals surface area (Å²) in [5.41, 5.74) is 1.86. The number of sulfone groups is 1. The van der Waals surface area contributed by atoms with Gasteiger partial charge in [0.25, 0.3) is 0 Å². The van der Waals surface area contributed by atoms with E-state index in [4.69, 9.17) is 16.9 Å². The van der Waals surface area contributed by atoms with E-state index in [-0.39, 0.29) is 16.7 Å². The van der Waals surface area contributed by atoms with Gasteiger partial charge < -0.3 is 4.90 Å². The highest BCUT2D eigenvalue weighted by Gasteiger charge is 2.23. The van der Waals surface area contributed by atoms with Crippen molar-refractivity contribution in [2.24, 2.45) is 0 Å². The Bertz CT molecular complexity index is 861. The van der Waals surface area contributed by atoms with Crippen LogP contribution in [0.15, 0.2) is 30.5 Å². The molecule has 1 aromatic carbocycles. The van der Waals surface area contributed by atoms with Crippen molar-refractivity contribution in [2.75, 3.05) is 29.5 Å². The van der Waals surface area contributed by atoms with Gasteiger partial charge in [0.1, 0.15) is 11.5 Å². The van der Waals surface area contributed by atoms with E-state index < -0.39 is 9.84 Å². The molecule has 1 aromatic heterocycles. The van der Waals surface area contributed by atoms with E-state index in [1.807, 2.05) is 4.90 Å². The van der Waals surface area contributed by atoms with E-state index in [9.17, 15) is 8.42 Å². The molecule has 3 rings (SSSR count). The minimum absolute atomic E-state index is 0.115. The van der Waals surface area contributed by atoms with Crippen LogP contribution in [0.1, 0.15) is 5.56 Å². The minimum atomic E-state index is -2.94. The second-order valence-corrected chi connectivity index (χ2v) is 7.86. The first kappa shape index (κ1) is 15.7. The van der Waals surface area contributed by atoms with Crippen LogP contribution in [-0.4, -0.2) is 43.0 Å². The molecule has 6 nitrogen and oxygen atoms in total. The molecule has 1 fully saturated rings. The van der Waals surface area contributed by atoms with Crippen molar-refractivity contribution in [3.05, 3.63) is 41.2 Å². The topological polar surface area (TPSA) is 87.0 Å². The average molecular weight is 349 g/mol. The lowest BCUT2D eigenvalue weighted by atomic mass is 10.1. The number of aromatic nitrogens is 2. The predicted molar refractivity (Wildman–Crippen MR) is 88.1 cm³/mol. The van der Waals surface area contributed by atoms with Crippen LogP contribution in [-0.2, 0) is 9.84 Å². The van der Waals surface area contributed by atoms with E-state index in [2.05, 4.69) is 16.0 Å². The SMILES string of the molecule is N#Cc1ccc(-c2ncc(N3CCS(=O)(=O)CC3)nc2Cl)cc1. The van der Waals surface area contributed by atoms with Gasteiger partial charge in [-0.05, 0) is 12.1 Å². The minimum Gasteiger partial charge on any atom is -0.353 e. The molecule has 0 unspecified atom stereocenters. The van der Waals surface area contributed by atoms with Gasteiger partial charge in [0, 0.05) is 18.7 Å². The molecule has 0 radical (unpaired) electrons. The zero-order valence-corrected chi connectivity index (χ0v) is 13.7. The van der Waals surface area contributed by atoms with E-state index >= 15 is 0 Å². The number of benzene rings is 1. The fourth-order valence-electron chi connectivity index (χ4n) is 2.35. The van der Waals surface area contributed by atoms with Gasteiger partial charge >= 0.3 is 0 Å². The smallest absolute Gasteiger partial charge is 0.157 e. The first-order valence-electron chi connectivity index (χ1n) is 6.97. The summed E-state index contributed by atoms with van der Waals surface area (Å²) in [5.74, 6) is 0.801. The Hall–Kier alpha value is -2.17. The molecule has 2 aromatic rings. The van der Waals surface area contributed by atoms with E-state index in [1.165, 1.54) is 0 Å². The summed E-state index contributed by atoms with van der Waals surface area (Å²) < 4.78 is 22.9. The van der Waals surface area contributed by atoms with Gasteiger partial charge in [-0.25, -0.2) is 18.4 Å². The van der Waals surface area contributed by atoms with Crippen LogP contribution < -0.4 is 4.90 Å². The number of hydrogen-bond donors (Lipinski definition) is 0. The number of nitrogens with zero attached hydrogens (tertiary/aromatic N) is 4. The molecular weight excluding hydrogens is 336 g/mol. The van der Waals surface area contributed by atoms with E-state index in [0.717, 1.165) is 5.56 Å². The third-order valence-electron chi connectivity index (χ3n) is 3.67. The van der Waals surface area contributed by atoms with Crippen molar-refractivity contribution in [3.8, 4) is 17.3 Å². The van der Waals surface area contributed by atoms with Crippen LogP contribution in [0.3, 0.4) is 0 Å². The summed E-state index contributed by atoms with van der Waals surface area (Å²) in [6, 6.07) is 8.97. The second-order valence-electron chi connectivity index (χ2n) is 5.20. The normalized spacial score (nSPS) is 16.8. The van der Waals surface area contributed by atoms with Crippen LogP contribution in [0.25, 0.3) is 11.3 Å². The molecular formula is C15H13ClN4O2S. The molecule has 23 heavy (non-hydrogen) atoms. The van der Waals surface area contributed by atoms with Crippen molar-refractivity contribution in [1.29, 1.82) is 5.26 Å². The molecule has 0 N–H and O–H groups in total. The first-order valence-corrected chi connectivity index (χ1v) is 9.17. The maximum atomic E-state index is 11.5. The zero-order chi connectivity index (χ0) is 16.4. The monoisotopic (exact) mass is 348 g/mol. The molecule has 0 spiro atoms. The van der Waals surface area contributed by atoms with Crippen molar-refractivity contribution in [1.82, 2.24) is 9.97 Å². The summed E-state index contributed by atoms with van der Waals surface area (Å²) in [6.45, 7) is 0.785. The van der Waals surface area contributed by atoms with Gasteiger partial charge in [-0.15, -0.1) is 0 Å². The lowest BCUT2D eigenvalue weighted by molar-refractivity contribution is 0.586. The second kappa shape index (κ2) is 6.14. The van der Waals surface area contributed by atoms with Crippen LogP contribution in [0, 0.1) is 11.3 Å². The summed E-state index contributed by atoms with van der Waals surface area (Å²) in [5, 5.41) is 9.07. The highest BCUT2D eigenvalue weighted by Crippen LogP contribution is 2.26. The summed E-state index contributed by atoms with van der Waals surface area (Å²) >= 11 is 6.23. The van der Waals surface area contributed by atoms with Gasteiger partial charge in [-0.3, -0.25) is 0 Å². The van der Waals surface area contributed by atoms with Gasteiger partial charge in [0.05, 0.1) is 29.3 Å². The molecule has 0 atom stereocenters. The van der Waals surface area contributed by atoms with Crippen molar-refractivity contribution in [3.63, 3.8) is 0 Å². The Balaban J connectivity index is 1.85. The fraction of sp³-hybridized carbons (Fsp3) is 0.267. The first-order chi connectivity index (χ1) is 11.0. The Morgan fingerprint density at radius 2 is 1.83 bits per heavy atom. The Labute approximate surface area is 139 Å². The quantitative estimate of drug-likeness (QED) is 0.823. The average Bonchev–Trinajstić information content (AvgIpc) is 2.55. The van der Waals surface area contributed by atoms with E-state index in [0.29, 0.717) is 30.2 Å². The molecule has 8 heteroatoms. The van der Waals surface area contributed by atoms with Gasteiger partial charge in [0.15, 0.2) is 15.0 Å². The molecule has 0 aliphatic carbocycles. The molecule has 118 valence electrons. The molecule has 0 bridgehead atoms. The van der Waals surface area contributed by atoms with Crippen molar-refractivity contribution >= 4 is 27.3 Å². The van der Waals surface area contributed by atoms with Gasteiger partial charge in [0.2, 0.25) is 0 Å². The number of rotatable bonds is 2. The van der Waals surface area contributed by atoms with Crippen molar-refractivity contribution < 1.29 is 8.42 Å². The van der Waals surface area contributed by atoms with Crippen LogP contribution in [0.4, 0.5) is 5.82 Å². The zero-order valence-electron chi connectivity index (χ0n) is 12.1. The van der Waals surface area contributed by atoms with Gasteiger partial charge in [-0.2, -0.15) is 5.26 Å². The van der Waals surface area contributed by atoms with Crippen LogP contribution in [0.2, 0.25) is 5.15 Å². The number of nitriles is 1. The molecule has 1 aliphatic heterocycles. The summed E-state index contributed by atoms with van der Waals surface area (Å²) in [4.78, 5) is 10.5. The molecule has 0 saturated carbocycles. The summed E-state index contributed by atoms with van der Waals surface area (Å²) in [7, 11) is -2.94. The Kier molecular flexibility index (Phi) is 4.20. The highest BCUT2D eigenvalue weighted by molar-refractivity contribution is 7.91. The van der Waals surface area contributed by atoms with Crippen molar-refractivity contribution in [2.45, 2.75) is 0 Å². The number of halogens is 1. The standard InChI is InChI=1S/C15H13ClN4O2S/c16-15-14(12-3-1-11(9-17)2-4-12)18-10-13(19-15)20-5-7-23(21,22)8-6-20/h1-4,10H,5-8H2. The predicted octanol–water partition coefficient (Wildman–Crippen LogP) is 1.90. The maximum Gasteiger partial charge on any atom is 0.157 e. The molecule has 1 aliphatic rings. The third kappa shape index (κ3) is 3.44. The Morgan fingerprint density at radius 3 is 2.39 bits per heavy atom. The number of hydrogen-bond acceptors (Lipinski definition) is 6. The number of anilines is 1. The van der Waals surface area contributed by atoms with Gasteiger partial charge in [-0.1, -0.05) is 23.7 Å². The summed E-state index contributed by atoms with van der Waals surface area (Å²) in [6.07, 6.45) is 1.59. The molecule has 1 saturated heterocycles. The maximum absolute atomic E-state index is 11.5. The largest absolute Gasteiger partial charge is 0.353 e. The van der Waals surface area contributed by atoms with E-state index in [1.54, 1.807) is 30.5 Å².